The Hall–Kier alpha value is -1.46. The number of hydrogen-bond acceptors (Lipinski definition) is 3. The van der Waals surface area contributed by atoms with Crippen molar-refractivity contribution >= 4 is 5.91 Å². The Balaban J connectivity index is 1.94. The number of halogens is 1. The van der Waals surface area contributed by atoms with Crippen LogP contribution in [0.1, 0.15) is 28.8 Å². The lowest BCUT2D eigenvalue weighted by molar-refractivity contribution is 0.0775. The summed E-state index contributed by atoms with van der Waals surface area (Å²) in [6.07, 6.45) is 1.89. The highest BCUT2D eigenvalue weighted by molar-refractivity contribution is 5.92. The summed E-state index contributed by atoms with van der Waals surface area (Å²) >= 11 is 0. The fourth-order valence-electron chi connectivity index (χ4n) is 2.00. The van der Waals surface area contributed by atoms with Crippen molar-refractivity contribution in [3.8, 4) is 0 Å². The van der Waals surface area contributed by atoms with Crippen molar-refractivity contribution in [2.24, 2.45) is 5.73 Å². The van der Waals surface area contributed by atoms with Gasteiger partial charge in [0.05, 0.1) is 0 Å². The Bertz CT molecular complexity index is 431. The average molecular weight is 252 g/mol. The Morgan fingerprint density at radius 2 is 2.17 bits per heavy atom. The zero-order chi connectivity index (χ0) is 13.0. The van der Waals surface area contributed by atoms with Gasteiger partial charge in [0.15, 0.2) is 0 Å². The molecular formula is C13H17FN2O2. The maximum absolute atomic E-state index is 13.7. The minimum absolute atomic E-state index is 0.197. The zero-order valence-corrected chi connectivity index (χ0v) is 10.1. The molecule has 4 nitrogen and oxygen atoms in total. The number of hydrogen-bond donors (Lipinski definition) is 2. The normalized spacial score (nSPS) is 16.7. The Labute approximate surface area is 105 Å². The van der Waals surface area contributed by atoms with Crippen LogP contribution in [0.2, 0.25) is 0 Å². The SMILES string of the molecule is NC(=O)c1ccc(CNC2CCOCC2)c(F)c1. The largest absolute Gasteiger partial charge is 0.381 e. The molecule has 0 spiro atoms. The summed E-state index contributed by atoms with van der Waals surface area (Å²) in [7, 11) is 0. The smallest absolute Gasteiger partial charge is 0.248 e. The monoisotopic (exact) mass is 252 g/mol. The number of benzene rings is 1. The minimum Gasteiger partial charge on any atom is -0.381 e. The molecule has 0 atom stereocenters. The number of carbonyl (C=O) groups is 1. The number of amides is 1. The molecule has 1 aromatic carbocycles. The van der Waals surface area contributed by atoms with E-state index in [0.717, 1.165) is 26.1 Å². The molecular weight excluding hydrogens is 235 g/mol. The highest BCUT2D eigenvalue weighted by atomic mass is 19.1. The third-order valence-corrected chi connectivity index (χ3v) is 3.14. The molecule has 98 valence electrons. The lowest BCUT2D eigenvalue weighted by Gasteiger charge is -2.23. The highest BCUT2D eigenvalue weighted by Crippen LogP contribution is 2.12. The Morgan fingerprint density at radius 1 is 1.44 bits per heavy atom. The van der Waals surface area contributed by atoms with Crippen LogP contribution in [0.15, 0.2) is 18.2 Å². The molecule has 1 aromatic rings. The van der Waals surface area contributed by atoms with Gasteiger partial charge in [0, 0.05) is 36.9 Å². The van der Waals surface area contributed by atoms with Gasteiger partial charge in [0.25, 0.3) is 0 Å². The van der Waals surface area contributed by atoms with Crippen molar-refractivity contribution in [1.29, 1.82) is 0 Å². The van der Waals surface area contributed by atoms with Gasteiger partial charge in [-0.05, 0) is 25.0 Å². The third kappa shape index (κ3) is 3.27. The van der Waals surface area contributed by atoms with Gasteiger partial charge in [-0.15, -0.1) is 0 Å². The van der Waals surface area contributed by atoms with E-state index in [-0.39, 0.29) is 5.56 Å². The van der Waals surface area contributed by atoms with E-state index >= 15 is 0 Å². The number of carbonyl (C=O) groups excluding carboxylic acids is 1. The molecule has 0 unspecified atom stereocenters. The number of ether oxygens (including phenoxy) is 1. The maximum Gasteiger partial charge on any atom is 0.248 e. The molecule has 0 radical (unpaired) electrons. The third-order valence-electron chi connectivity index (χ3n) is 3.14. The Morgan fingerprint density at radius 3 is 2.78 bits per heavy atom. The van der Waals surface area contributed by atoms with Gasteiger partial charge in [-0.2, -0.15) is 0 Å². The number of rotatable bonds is 4. The van der Waals surface area contributed by atoms with Crippen LogP contribution in [-0.2, 0) is 11.3 Å². The zero-order valence-electron chi connectivity index (χ0n) is 10.1. The summed E-state index contributed by atoms with van der Waals surface area (Å²) in [5.74, 6) is -1.01. The first-order valence-electron chi connectivity index (χ1n) is 6.06. The van der Waals surface area contributed by atoms with Crippen LogP contribution in [-0.4, -0.2) is 25.2 Å². The molecule has 2 rings (SSSR count). The summed E-state index contributed by atoms with van der Waals surface area (Å²) in [4.78, 5) is 10.9. The van der Waals surface area contributed by atoms with Crippen LogP contribution >= 0.6 is 0 Å². The van der Waals surface area contributed by atoms with Crippen LogP contribution in [0.3, 0.4) is 0 Å². The summed E-state index contributed by atoms with van der Waals surface area (Å²) in [6, 6.07) is 4.70. The number of nitrogens with one attached hydrogen (secondary N) is 1. The van der Waals surface area contributed by atoms with Crippen molar-refractivity contribution in [3.63, 3.8) is 0 Å². The summed E-state index contributed by atoms with van der Waals surface area (Å²) in [5, 5.41) is 3.29. The van der Waals surface area contributed by atoms with Gasteiger partial charge in [-0.25, -0.2) is 4.39 Å². The van der Waals surface area contributed by atoms with Crippen LogP contribution in [0, 0.1) is 5.82 Å². The molecule has 1 amide bonds. The molecule has 0 aromatic heterocycles. The van der Waals surface area contributed by atoms with Crippen LogP contribution in [0.4, 0.5) is 4.39 Å². The second-order valence-corrected chi connectivity index (χ2v) is 4.44. The molecule has 1 heterocycles. The lowest BCUT2D eigenvalue weighted by atomic mass is 10.1. The van der Waals surface area contributed by atoms with Crippen molar-refractivity contribution in [2.75, 3.05) is 13.2 Å². The van der Waals surface area contributed by atoms with Gasteiger partial charge in [0.1, 0.15) is 5.82 Å². The fourth-order valence-corrected chi connectivity index (χ4v) is 2.00. The van der Waals surface area contributed by atoms with Crippen molar-refractivity contribution in [1.82, 2.24) is 5.32 Å². The molecule has 3 N–H and O–H groups in total. The molecule has 5 heteroatoms. The summed E-state index contributed by atoms with van der Waals surface area (Å²) in [6.45, 7) is 1.96. The van der Waals surface area contributed by atoms with Gasteiger partial charge >= 0.3 is 0 Å². The molecule has 1 fully saturated rings. The lowest BCUT2D eigenvalue weighted by Crippen LogP contribution is -2.34. The summed E-state index contributed by atoms with van der Waals surface area (Å²) in [5.41, 5.74) is 5.83. The number of primary amides is 1. The molecule has 1 saturated heterocycles. The van der Waals surface area contributed by atoms with Crippen LogP contribution in [0.25, 0.3) is 0 Å². The van der Waals surface area contributed by atoms with Crippen LogP contribution in [0.5, 0.6) is 0 Å². The molecule has 0 bridgehead atoms. The van der Waals surface area contributed by atoms with E-state index in [1.165, 1.54) is 6.07 Å². The second-order valence-electron chi connectivity index (χ2n) is 4.44. The quantitative estimate of drug-likeness (QED) is 0.846. The molecule has 1 aliphatic heterocycles. The van der Waals surface area contributed by atoms with Gasteiger partial charge in [0.2, 0.25) is 5.91 Å². The van der Waals surface area contributed by atoms with Gasteiger partial charge in [-0.1, -0.05) is 6.07 Å². The van der Waals surface area contributed by atoms with Crippen LogP contribution < -0.4 is 11.1 Å². The van der Waals surface area contributed by atoms with E-state index in [2.05, 4.69) is 5.32 Å². The van der Waals surface area contributed by atoms with E-state index in [1.54, 1.807) is 12.1 Å². The van der Waals surface area contributed by atoms with Crippen molar-refractivity contribution < 1.29 is 13.9 Å². The highest BCUT2D eigenvalue weighted by Gasteiger charge is 2.14. The molecule has 1 aliphatic rings. The fraction of sp³-hybridized carbons (Fsp3) is 0.462. The topological polar surface area (TPSA) is 64.4 Å². The van der Waals surface area contributed by atoms with Gasteiger partial charge in [-0.3, -0.25) is 4.79 Å². The first-order chi connectivity index (χ1) is 8.66. The van der Waals surface area contributed by atoms with E-state index < -0.39 is 11.7 Å². The molecule has 0 saturated carbocycles. The second kappa shape index (κ2) is 5.93. The minimum atomic E-state index is -0.613. The average Bonchev–Trinajstić information content (AvgIpc) is 2.38. The molecule has 0 aliphatic carbocycles. The molecule has 18 heavy (non-hydrogen) atoms. The van der Waals surface area contributed by atoms with E-state index in [9.17, 15) is 9.18 Å². The predicted molar refractivity (Wildman–Crippen MR) is 65.6 cm³/mol. The van der Waals surface area contributed by atoms with Crippen molar-refractivity contribution in [2.45, 2.75) is 25.4 Å². The first kappa shape index (κ1) is 13.0. The standard InChI is InChI=1S/C13H17FN2O2/c14-12-7-9(13(15)17)1-2-10(12)8-16-11-3-5-18-6-4-11/h1-2,7,11,16H,3-6,8H2,(H2,15,17). The predicted octanol–water partition coefficient (Wildman–Crippen LogP) is 1.19. The first-order valence-corrected chi connectivity index (χ1v) is 6.06. The maximum atomic E-state index is 13.7. The van der Waals surface area contributed by atoms with E-state index in [4.69, 9.17) is 10.5 Å². The van der Waals surface area contributed by atoms with E-state index in [1.807, 2.05) is 0 Å². The Kier molecular flexibility index (Phi) is 4.28. The van der Waals surface area contributed by atoms with Crippen molar-refractivity contribution in [3.05, 3.63) is 35.1 Å². The van der Waals surface area contributed by atoms with Gasteiger partial charge < -0.3 is 15.8 Å². The van der Waals surface area contributed by atoms with E-state index in [0.29, 0.717) is 18.2 Å². The number of nitrogens with two attached hydrogens (primary N) is 1. The summed E-state index contributed by atoms with van der Waals surface area (Å²) < 4.78 is 18.9.